The Morgan fingerprint density at radius 1 is 0.902 bits per heavy atom. The fourth-order valence-electron chi connectivity index (χ4n) is 8.44. The normalized spacial score (nSPS) is 22.2. The molecular formula is C39H39BN2O8Si. The molecule has 4 aromatic rings. The summed E-state index contributed by atoms with van der Waals surface area (Å²) in [6.45, 7) is 6.61. The predicted molar refractivity (Wildman–Crippen MR) is 196 cm³/mol. The van der Waals surface area contributed by atoms with Crippen molar-refractivity contribution in [1.29, 1.82) is 0 Å². The highest BCUT2D eigenvalue weighted by atomic mass is 28.4. The van der Waals surface area contributed by atoms with E-state index in [0.29, 0.717) is 16.6 Å². The lowest BCUT2D eigenvalue weighted by Crippen LogP contribution is -2.66. The van der Waals surface area contributed by atoms with Gasteiger partial charge in [-0.15, -0.1) is 0 Å². The zero-order valence-electron chi connectivity index (χ0n) is 28.6. The Balaban J connectivity index is 1.33. The van der Waals surface area contributed by atoms with Gasteiger partial charge < -0.3 is 19.2 Å². The second-order valence-corrected chi connectivity index (χ2v) is 18.9. The number of phenols is 1. The third kappa shape index (κ3) is 6.01. The van der Waals surface area contributed by atoms with Crippen molar-refractivity contribution in [3.8, 4) is 5.75 Å². The van der Waals surface area contributed by atoms with Crippen molar-refractivity contribution >= 4 is 49.0 Å². The van der Waals surface area contributed by atoms with E-state index in [9.17, 15) is 29.8 Å². The number of phenolic OH excluding ortho intramolecular Hbond substituents is 1. The lowest BCUT2D eigenvalue weighted by molar-refractivity contribution is -0.384. The van der Waals surface area contributed by atoms with Crippen LogP contribution in [0.25, 0.3) is 0 Å². The van der Waals surface area contributed by atoms with Crippen LogP contribution in [0.5, 0.6) is 5.75 Å². The van der Waals surface area contributed by atoms with Crippen LogP contribution < -0.4 is 15.3 Å². The van der Waals surface area contributed by atoms with E-state index in [4.69, 9.17) is 9.08 Å². The van der Waals surface area contributed by atoms with Gasteiger partial charge in [-0.3, -0.25) is 19.7 Å². The van der Waals surface area contributed by atoms with Gasteiger partial charge in [0.1, 0.15) is 5.75 Å². The minimum absolute atomic E-state index is 0.0387. The number of nitro groups is 1. The lowest BCUT2D eigenvalue weighted by Gasteiger charge is -2.45. The van der Waals surface area contributed by atoms with E-state index in [2.05, 4.69) is 45.0 Å². The van der Waals surface area contributed by atoms with Gasteiger partial charge in [0.05, 0.1) is 35.2 Å². The summed E-state index contributed by atoms with van der Waals surface area (Å²) in [4.78, 5) is 40.7. The molecule has 12 heteroatoms. The summed E-state index contributed by atoms with van der Waals surface area (Å²) >= 11 is 0. The maximum absolute atomic E-state index is 14.3. The van der Waals surface area contributed by atoms with Crippen LogP contribution in [0.3, 0.4) is 0 Å². The molecule has 1 aliphatic carbocycles. The van der Waals surface area contributed by atoms with Gasteiger partial charge in [0.25, 0.3) is 14.0 Å². The number of rotatable bonds is 8. The van der Waals surface area contributed by atoms with Crippen molar-refractivity contribution in [1.82, 2.24) is 0 Å². The zero-order chi connectivity index (χ0) is 36.1. The molecule has 2 amide bonds. The number of carbonyl (C=O) groups excluding carboxylic acids is 2. The van der Waals surface area contributed by atoms with Crippen LogP contribution >= 0.6 is 0 Å². The molecule has 2 N–H and O–H groups in total. The van der Waals surface area contributed by atoms with Gasteiger partial charge in [0.2, 0.25) is 11.8 Å². The number of allylic oxidation sites excluding steroid dienone is 1. The first kappa shape index (κ1) is 34.6. The maximum atomic E-state index is 14.3. The molecule has 260 valence electrons. The van der Waals surface area contributed by atoms with E-state index in [0.717, 1.165) is 15.3 Å². The first-order valence-electron chi connectivity index (χ1n) is 17.1. The number of benzene rings is 4. The highest BCUT2D eigenvalue weighted by Gasteiger charge is 2.59. The van der Waals surface area contributed by atoms with Gasteiger partial charge in [-0.25, -0.2) is 4.90 Å². The first-order valence-corrected chi connectivity index (χ1v) is 19.0. The molecule has 3 aliphatic rings. The van der Waals surface area contributed by atoms with E-state index >= 15 is 0 Å². The molecule has 7 rings (SSSR count). The van der Waals surface area contributed by atoms with Crippen molar-refractivity contribution in [3.05, 3.63) is 136 Å². The predicted octanol–water partition coefficient (Wildman–Crippen LogP) is 5.48. The van der Waals surface area contributed by atoms with Crippen molar-refractivity contribution in [2.45, 2.75) is 44.8 Å². The zero-order valence-corrected chi connectivity index (χ0v) is 29.6. The Bertz CT molecular complexity index is 1980. The summed E-state index contributed by atoms with van der Waals surface area (Å²) in [6, 6.07) is 32.5. The fourth-order valence-corrected chi connectivity index (χ4v) is 13.0. The molecule has 4 atom stereocenters. The summed E-state index contributed by atoms with van der Waals surface area (Å²) in [7, 11) is -4.44. The minimum atomic E-state index is -3.04. The summed E-state index contributed by atoms with van der Waals surface area (Å²) in [6.07, 6.45) is -0.253. The van der Waals surface area contributed by atoms with Crippen LogP contribution in [-0.2, 0) is 18.7 Å². The van der Waals surface area contributed by atoms with Crippen LogP contribution in [0.4, 0.5) is 11.4 Å². The van der Waals surface area contributed by atoms with Crippen LogP contribution in [0.2, 0.25) is 5.04 Å². The maximum Gasteiger partial charge on any atom is 0.487 e. The van der Waals surface area contributed by atoms with Crippen molar-refractivity contribution in [2.24, 2.45) is 17.8 Å². The number of hydrogen-bond donors (Lipinski definition) is 2. The number of non-ortho nitro benzene ring substituents is 1. The van der Waals surface area contributed by atoms with Crippen LogP contribution in [-0.4, -0.2) is 48.9 Å². The molecule has 0 unspecified atom stereocenters. The molecule has 0 aromatic heterocycles. The number of anilines is 1. The molecular weight excluding hydrogens is 663 g/mol. The minimum Gasteiger partial charge on any atom is -0.508 e. The molecule has 51 heavy (non-hydrogen) atoms. The highest BCUT2D eigenvalue weighted by Crippen LogP contribution is 2.52. The number of nitro benzene ring substituents is 1. The standard InChI is InChI=1S/C39H39BN2O8Si/c1-39(2,3)51(30-16-6-4-7-17-30,31-18-8-5-9-19-31)49-24-26-21-33-35(38(45)41(37(33)44)27-13-11-14-28(22-27)42(47)48)32-23-34(50-40(46)36(26)32)25-12-10-15-29(43)20-25/h4-20,22,32-35,43,46H,21,23-24H2,1-3H3/t32-,33-,34-,35+/m0/s1. The van der Waals surface area contributed by atoms with Gasteiger partial charge in [-0.1, -0.05) is 99.6 Å². The molecule has 0 radical (unpaired) electrons. The molecule has 0 spiro atoms. The van der Waals surface area contributed by atoms with E-state index in [-0.39, 0.29) is 41.6 Å². The summed E-state index contributed by atoms with van der Waals surface area (Å²) in [5.74, 6) is -3.08. The van der Waals surface area contributed by atoms with Gasteiger partial charge in [0, 0.05) is 12.1 Å². The van der Waals surface area contributed by atoms with Crippen molar-refractivity contribution < 1.29 is 33.7 Å². The van der Waals surface area contributed by atoms with Crippen LogP contribution in [0.15, 0.2) is 120 Å². The summed E-state index contributed by atoms with van der Waals surface area (Å²) in [5.41, 5.74) is 1.78. The highest BCUT2D eigenvalue weighted by molar-refractivity contribution is 6.99. The molecule has 2 aliphatic heterocycles. The Morgan fingerprint density at radius 3 is 2.16 bits per heavy atom. The average Bonchev–Trinajstić information content (AvgIpc) is 3.37. The third-order valence-electron chi connectivity index (χ3n) is 10.6. The second kappa shape index (κ2) is 13.3. The van der Waals surface area contributed by atoms with Gasteiger partial charge in [-0.2, -0.15) is 0 Å². The van der Waals surface area contributed by atoms with E-state index in [1.54, 1.807) is 24.3 Å². The largest absolute Gasteiger partial charge is 0.508 e. The van der Waals surface area contributed by atoms with Crippen molar-refractivity contribution in [3.63, 3.8) is 0 Å². The topological polar surface area (TPSA) is 139 Å². The van der Waals surface area contributed by atoms with Crippen molar-refractivity contribution in [2.75, 3.05) is 11.5 Å². The van der Waals surface area contributed by atoms with Crippen LogP contribution in [0, 0.1) is 27.9 Å². The lowest BCUT2D eigenvalue weighted by atomic mass is 9.55. The average molecular weight is 703 g/mol. The number of nitrogens with zero attached hydrogens (tertiary/aromatic N) is 2. The number of hydrogen-bond acceptors (Lipinski definition) is 8. The summed E-state index contributed by atoms with van der Waals surface area (Å²) in [5, 5.41) is 35.5. The Kier molecular flexibility index (Phi) is 9.05. The molecule has 4 aromatic carbocycles. The molecule has 0 bridgehead atoms. The monoisotopic (exact) mass is 702 g/mol. The number of aromatic hydroxyl groups is 1. The molecule has 2 fully saturated rings. The third-order valence-corrected chi connectivity index (χ3v) is 15.6. The van der Waals surface area contributed by atoms with Gasteiger partial charge in [-0.05, 0) is 69.0 Å². The van der Waals surface area contributed by atoms with E-state index < -0.39 is 56.0 Å². The summed E-state index contributed by atoms with van der Waals surface area (Å²) < 4.78 is 13.5. The quantitative estimate of drug-likeness (QED) is 0.107. The first-order chi connectivity index (χ1) is 24.4. The van der Waals surface area contributed by atoms with E-state index in [1.807, 2.05) is 36.4 Å². The molecule has 2 heterocycles. The number of imide groups is 1. The molecule has 10 nitrogen and oxygen atoms in total. The Morgan fingerprint density at radius 2 is 1.55 bits per heavy atom. The second-order valence-electron chi connectivity index (χ2n) is 14.6. The Hall–Kier alpha value is -4.88. The van der Waals surface area contributed by atoms with Crippen LogP contribution in [0.1, 0.15) is 45.3 Å². The molecule has 2 saturated heterocycles. The number of carbonyl (C=O) groups is 2. The van der Waals surface area contributed by atoms with Gasteiger partial charge in [0.15, 0.2) is 0 Å². The fraction of sp³-hybridized carbons (Fsp3) is 0.282. The smallest absolute Gasteiger partial charge is 0.487 e. The molecule has 0 saturated carbocycles. The SMILES string of the molecule is CC(C)(C)[Si](OCC1=C2B(O)O[C@H](c3cccc(O)c3)C[C@H]2[C@H]2C(=O)N(c3cccc([N+](=O)[O-])c3)C(=O)[C@H]2C1)(c1ccccc1)c1ccccc1. The number of amides is 2. The van der Waals surface area contributed by atoms with Gasteiger partial charge >= 0.3 is 7.12 Å². The van der Waals surface area contributed by atoms with E-state index in [1.165, 1.54) is 24.3 Å². The Labute approximate surface area is 297 Å². The number of fused-ring (bicyclic) bond motifs is 3.